The number of carbonyl (C=O) groups excluding carboxylic acids is 3. The van der Waals surface area contributed by atoms with Gasteiger partial charge in [0.15, 0.2) is 0 Å². The summed E-state index contributed by atoms with van der Waals surface area (Å²) in [4.78, 5) is 54.1. The first-order chi connectivity index (χ1) is 25.2. The first kappa shape index (κ1) is 33.6. The van der Waals surface area contributed by atoms with Crippen molar-refractivity contribution < 1.29 is 27.9 Å². The van der Waals surface area contributed by atoms with Gasteiger partial charge in [-0.3, -0.25) is 19.4 Å². The number of halogens is 2. The molecule has 5 aromatic rings. The van der Waals surface area contributed by atoms with Gasteiger partial charge in [-0.05, 0) is 98.0 Å². The second-order valence-corrected chi connectivity index (χ2v) is 14.5. The molecule has 3 aliphatic rings. The van der Waals surface area contributed by atoms with Crippen molar-refractivity contribution in [3.63, 3.8) is 0 Å². The number of aryl methyl sites for hydroxylation is 1. The number of nitrogens with zero attached hydrogens (tertiary/aromatic N) is 4. The van der Waals surface area contributed by atoms with Crippen LogP contribution in [0, 0.1) is 24.0 Å². The van der Waals surface area contributed by atoms with Crippen molar-refractivity contribution in [2.24, 2.45) is 5.41 Å². The average Bonchev–Trinajstić information content (AvgIpc) is 3.46. The Kier molecular flexibility index (Phi) is 8.76. The highest BCUT2D eigenvalue weighted by Gasteiger charge is 2.45. The molecule has 0 radical (unpaired) electrons. The van der Waals surface area contributed by atoms with Gasteiger partial charge in [0.2, 0.25) is 0 Å². The minimum atomic E-state index is -0.948. The number of carbonyl (C=O) groups is 3. The number of fused-ring (bicyclic) bond motifs is 3. The van der Waals surface area contributed by atoms with Gasteiger partial charge in [-0.1, -0.05) is 6.07 Å². The van der Waals surface area contributed by atoms with E-state index >= 15 is 0 Å². The molecular formula is C39H34F2N6O4S. The van der Waals surface area contributed by atoms with Crippen molar-refractivity contribution in [2.75, 3.05) is 53.3 Å². The summed E-state index contributed by atoms with van der Waals surface area (Å²) in [6.45, 7) is 5.46. The van der Waals surface area contributed by atoms with E-state index in [2.05, 4.69) is 25.5 Å². The molecule has 52 heavy (non-hydrogen) atoms. The number of hydrogen-bond donors (Lipinski definition) is 2. The van der Waals surface area contributed by atoms with Crippen molar-refractivity contribution in [1.29, 1.82) is 0 Å². The number of amides is 3. The van der Waals surface area contributed by atoms with Crippen LogP contribution in [0.5, 0.6) is 0 Å². The van der Waals surface area contributed by atoms with E-state index < -0.39 is 23.1 Å². The third kappa shape index (κ3) is 6.30. The van der Waals surface area contributed by atoms with E-state index in [4.69, 9.17) is 4.74 Å². The van der Waals surface area contributed by atoms with Crippen LogP contribution in [0.25, 0.3) is 10.6 Å². The second kappa shape index (κ2) is 13.5. The smallest absolute Gasteiger partial charge is 0.262 e. The predicted octanol–water partition coefficient (Wildman–Crippen LogP) is 7.12. The molecule has 0 saturated carbocycles. The van der Waals surface area contributed by atoms with Crippen LogP contribution >= 0.6 is 11.3 Å². The minimum absolute atomic E-state index is 0.226. The van der Waals surface area contributed by atoms with Gasteiger partial charge in [0.25, 0.3) is 17.7 Å². The fourth-order valence-electron chi connectivity index (χ4n) is 7.18. The molecule has 13 heteroatoms. The highest BCUT2D eigenvalue weighted by molar-refractivity contribution is 7.19. The van der Waals surface area contributed by atoms with Gasteiger partial charge in [0.1, 0.15) is 28.7 Å². The summed E-state index contributed by atoms with van der Waals surface area (Å²) < 4.78 is 34.0. The van der Waals surface area contributed by atoms with Crippen LogP contribution in [0.3, 0.4) is 0 Å². The Labute approximate surface area is 302 Å². The Morgan fingerprint density at radius 1 is 0.904 bits per heavy atom. The summed E-state index contributed by atoms with van der Waals surface area (Å²) in [5, 5.41) is 6.01. The number of hydrogen-bond acceptors (Lipinski definition) is 8. The molecule has 3 amide bonds. The molecule has 2 saturated heterocycles. The van der Waals surface area contributed by atoms with Gasteiger partial charge in [-0.2, -0.15) is 0 Å². The van der Waals surface area contributed by atoms with E-state index in [9.17, 15) is 23.2 Å². The number of ether oxygens (including phenoxy) is 1. The molecule has 10 nitrogen and oxygen atoms in total. The van der Waals surface area contributed by atoms with E-state index in [0.29, 0.717) is 52.0 Å². The molecule has 2 aromatic carbocycles. The lowest BCUT2D eigenvalue weighted by Crippen LogP contribution is -2.59. The van der Waals surface area contributed by atoms with Gasteiger partial charge < -0.3 is 25.2 Å². The lowest BCUT2D eigenvalue weighted by molar-refractivity contribution is -0.000511. The number of aromatic nitrogens is 2. The predicted molar refractivity (Wildman–Crippen MR) is 195 cm³/mol. The molecule has 0 bridgehead atoms. The minimum Gasteiger partial charge on any atom is -0.381 e. The van der Waals surface area contributed by atoms with Crippen LogP contribution in [0.15, 0.2) is 79.1 Å². The molecule has 8 rings (SSSR count). The third-order valence-corrected chi connectivity index (χ3v) is 11.0. The highest BCUT2D eigenvalue weighted by atomic mass is 32.1. The molecule has 1 spiro atoms. The number of anilines is 4. The molecule has 0 atom stereocenters. The first-order valence-corrected chi connectivity index (χ1v) is 17.9. The molecular weight excluding hydrogens is 687 g/mol. The number of nitrogens with one attached hydrogen (secondary N) is 2. The summed E-state index contributed by atoms with van der Waals surface area (Å²) >= 11 is 1.23. The fraction of sp³-hybridized carbons (Fsp3) is 0.256. The Morgan fingerprint density at radius 2 is 1.65 bits per heavy atom. The number of rotatable bonds is 6. The normalized spacial score (nSPS) is 16.0. The van der Waals surface area contributed by atoms with E-state index in [0.717, 1.165) is 67.3 Å². The Balaban J connectivity index is 0.973. The van der Waals surface area contributed by atoms with Gasteiger partial charge in [-0.15, -0.1) is 11.3 Å². The molecule has 2 fully saturated rings. The topological polar surface area (TPSA) is 117 Å². The monoisotopic (exact) mass is 720 g/mol. The summed E-state index contributed by atoms with van der Waals surface area (Å²) in [6, 6.07) is 17.2. The van der Waals surface area contributed by atoms with E-state index in [1.54, 1.807) is 53.7 Å². The molecule has 0 aliphatic carbocycles. The Morgan fingerprint density at radius 3 is 2.40 bits per heavy atom. The fourth-order valence-corrected chi connectivity index (χ4v) is 8.30. The van der Waals surface area contributed by atoms with E-state index in [1.165, 1.54) is 17.4 Å². The standard InChI is InChI=1S/C39H34F2N6O4S/c1-23-18-27(35(43-20-23)46-21-39(22-46)12-16-51-17-13-39)36(48)44-26-9-7-24(8-10-26)38(50)47-15-11-25-19-31(52-34(25)33-30(47)6-3-14-42-33)45-37(49)32-28(40)4-2-5-29(32)41/h2-10,14,18-20H,11-13,15-17,21-22H2,1H3,(H,44,48)(H,45,49). The van der Waals surface area contributed by atoms with Crippen LogP contribution in [0.2, 0.25) is 0 Å². The Hall–Kier alpha value is -5.53. The van der Waals surface area contributed by atoms with Crippen molar-refractivity contribution in [3.8, 4) is 10.6 Å². The molecule has 3 aromatic heterocycles. The zero-order valence-electron chi connectivity index (χ0n) is 28.2. The third-order valence-electron chi connectivity index (χ3n) is 9.92. The first-order valence-electron chi connectivity index (χ1n) is 17.0. The van der Waals surface area contributed by atoms with Crippen molar-refractivity contribution in [1.82, 2.24) is 9.97 Å². The van der Waals surface area contributed by atoms with Crippen LogP contribution < -0.4 is 20.4 Å². The lowest BCUT2D eigenvalue weighted by atomic mass is 9.73. The summed E-state index contributed by atoms with van der Waals surface area (Å²) in [5.41, 5.74) is 3.93. The highest BCUT2D eigenvalue weighted by Crippen LogP contribution is 2.44. The number of thiophene rings is 1. The number of benzene rings is 2. The molecule has 0 unspecified atom stereocenters. The molecule has 264 valence electrons. The molecule has 2 N–H and O–H groups in total. The zero-order valence-corrected chi connectivity index (χ0v) is 29.1. The van der Waals surface area contributed by atoms with Crippen LogP contribution in [-0.4, -0.2) is 60.5 Å². The van der Waals surface area contributed by atoms with Gasteiger partial charge >= 0.3 is 0 Å². The van der Waals surface area contributed by atoms with Crippen LogP contribution in [0.1, 0.15) is 55.0 Å². The summed E-state index contributed by atoms with van der Waals surface area (Å²) in [6.07, 6.45) is 5.88. The number of pyridine rings is 2. The largest absolute Gasteiger partial charge is 0.381 e. The molecule has 6 heterocycles. The lowest BCUT2D eigenvalue weighted by Gasteiger charge is -2.53. The van der Waals surface area contributed by atoms with Crippen molar-refractivity contribution in [3.05, 3.63) is 119 Å². The van der Waals surface area contributed by atoms with E-state index in [1.807, 2.05) is 19.1 Å². The van der Waals surface area contributed by atoms with Gasteiger partial charge in [-0.25, -0.2) is 13.8 Å². The quantitative estimate of drug-likeness (QED) is 0.192. The zero-order chi connectivity index (χ0) is 36.0. The van der Waals surface area contributed by atoms with Gasteiger partial charge in [0, 0.05) is 61.9 Å². The summed E-state index contributed by atoms with van der Waals surface area (Å²) in [7, 11) is 0. The van der Waals surface area contributed by atoms with Crippen LogP contribution in [0.4, 0.5) is 31.0 Å². The van der Waals surface area contributed by atoms with Crippen molar-refractivity contribution in [2.45, 2.75) is 26.2 Å². The maximum atomic E-state index is 14.2. The maximum Gasteiger partial charge on any atom is 0.262 e. The maximum absolute atomic E-state index is 14.2. The Bertz CT molecular complexity index is 2190. The molecule has 3 aliphatic heterocycles. The van der Waals surface area contributed by atoms with Crippen LogP contribution in [-0.2, 0) is 11.2 Å². The second-order valence-electron chi connectivity index (χ2n) is 13.5. The van der Waals surface area contributed by atoms with Gasteiger partial charge in [0.05, 0.1) is 21.1 Å². The summed E-state index contributed by atoms with van der Waals surface area (Å²) in [5.74, 6) is -2.63. The SMILES string of the molecule is Cc1cnc(N2CC3(CCOCC3)C2)c(C(=O)Nc2ccc(C(=O)N3CCc4cc(NC(=O)c5c(F)cccc5F)sc4-c4ncccc43)cc2)c1. The average molecular weight is 721 g/mol. The van der Waals surface area contributed by atoms with E-state index in [-0.39, 0.29) is 17.2 Å². The van der Waals surface area contributed by atoms with Crippen molar-refractivity contribution >= 4 is 51.3 Å².